The number of benzene rings is 1. The Kier molecular flexibility index (Phi) is 3.04. The van der Waals surface area contributed by atoms with E-state index < -0.39 is 15.1 Å². The molecule has 3 nitrogen and oxygen atoms in total. The highest BCUT2D eigenvalue weighted by Gasteiger charge is 2.44. The van der Waals surface area contributed by atoms with Gasteiger partial charge in [0.05, 0.1) is 16.8 Å². The lowest BCUT2D eigenvalue weighted by molar-refractivity contribution is 0.255. The number of hydrogen-bond donors (Lipinski definition) is 1. The third kappa shape index (κ3) is 2.11. The van der Waals surface area contributed by atoms with Gasteiger partial charge in [0.15, 0.2) is 9.84 Å². The number of aliphatic hydroxyl groups is 1. The molecule has 2 rings (SSSR count). The second-order valence-electron chi connectivity index (χ2n) is 5.06. The van der Waals surface area contributed by atoms with Gasteiger partial charge >= 0.3 is 0 Å². The average molecular weight is 254 g/mol. The Hall–Kier alpha value is -0.870. The van der Waals surface area contributed by atoms with E-state index >= 15 is 0 Å². The number of sulfone groups is 1. The molecule has 0 amide bonds. The first-order chi connectivity index (χ1) is 7.92. The minimum Gasteiger partial charge on any atom is -0.395 e. The van der Waals surface area contributed by atoms with Gasteiger partial charge < -0.3 is 5.11 Å². The third-order valence-corrected chi connectivity index (χ3v) is 5.70. The van der Waals surface area contributed by atoms with Gasteiger partial charge in [-0.1, -0.05) is 12.1 Å². The SMILES string of the molecule is CC(C)S(=O)(=O)c1cccc(C2(CO)CC2)c1. The van der Waals surface area contributed by atoms with Gasteiger partial charge in [-0.25, -0.2) is 8.42 Å². The second kappa shape index (κ2) is 4.10. The summed E-state index contributed by atoms with van der Waals surface area (Å²) in [6, 6.07) is 7.02. The molecule has 1 aliphatic carbocycles. The molecule has 0 saturated heterocycles. The van der Waals surface area contributed by atoms with Gasteiger partial charge in [-0.3, -0.25) is 0 Å². The van der Waals surface area contributed by atoms with Crippen LogP contribution in [0.1, 0.15) is 32.3 Å². The van der Waals surface area contributed by atoms with Crippen LogP contribution in [0, 0.1) is 0 Å². The Morgan fingerprint density at radius 3 is 2.47 bits per heavy atom. The van der Waals surface area contributed by atoms with Crippen molar-refractivity contribution < 1.29 is 13.5 Å². The lowest BCUT2D eigenvalue weighted by atomic mass is 9.97. The summed E-state index contributed by atoms with van der Waals surface area (Å²) in [5.41, 5.74) is 0.768. The largest absolute Gasteiger partial charge is 0.395 e. The Morgan fingerprint density at radius 2 is 2.00 bits per heavy atom. The summed E-state index contributed by atoms with van der Waals surface area (Å²) in [6.45, 7) is 3.46. The molecule has 1 aromatic carbocycles. The van der Waals surface area contributed by atoms with Crippen LogP contribution in [0.4, 0.5) is 0 Å². The third-order valence-electron chi connectivity index (χ3n) is 3.55. The van der Waals surface area contributed by atoms with Gasteiger partial charge in [0.25, 0.3) is 0 Å². The zero-order valence-corrected chi connectivity index (χ0v) is 11.0. The lowest BCUT2D eigenvalue weighted by Gasteiger charge is -2.14. The van der Waals surface area contributed by atoms with Crippen molar-refractivity contribution in [1.82, 2.24) is 0 Å². The predicted molar refractivity (Wildman–Crippen MR) is 66.8 cm³/mol. The summed E-state index contributed by atoms with van der Waals surface area (Å²) in [6.07, 6.45) is 1.88. The van der Waals surface area contributed by atoms with E-state index in [0.29, 0.717) is 4.90 Å². The van der Waals surface area contributed by atoms with Crippen molar-refractivity contribution in [1.29, 1.82) is 0 Å². The molecule has 0 atom stereocenters. The van der Waals surface area contributed by atoms with Gasteiger partial charge in [-0.05, 0) is 44.4 Å². The van der Waals surface area contributed by atoms with Gasteiger partial charge in [0.1, 0.15) is 0 Å². The average Bonchev–Trinajstić information content (AvgIpc) is 3.10. The molecule has 1 saturated carbocycles. The van der Waals surface area contributed by atoms with E-state index in [0.717, 1.165) is 18.4 Å². The summed E-state index contributed by atoms with van der Waals surface area (Å²) < 4.78 is 24.1. The number of aliphatic hydroxyl groups excluding tert-OH is 1. The topological polar surface area (TPSA) is 54.4 Å². The van der Waals surface area contributed by atoms with Crippen LogP contribution < -0.4 is 0 Å². The van der Waals surface area contributed by atoms with Crippen LogP contribution >= 0.6 is 0 Å². The molecule has 1 N–H and O–H groups in total. The molecule has 17 heavy (non-hydrogen) atoms. The summed E-state index contributed by atoms with van der Waals surface area (Å²) in [4.78, 5) is 0.365. The molecule has 1 aromatic rings. The van der Waals surface area contributed by atoms with Crippen LogP contribution in [-0.4, -0.2) is 25.4 Å². The van der Waals surface area contributed by atoms with Gasteiger partial charge in [-0.15, -0.1) is 0 Å². The summed E-state index contributed by atoms with van der Waals surface area (Å²) in [5.74, 6) is 0. The first-order valence-electron chi connectivity index (χ1n) is 5.88. The highest BCUT2D eigenvalue weighted by molar-refractivity contribution is 7.92. The van der Waals surface area contributed by atoms with E-state index in [2.05, 4.69) is 0 Å². The molecule has 0 aromatic heterocycles. The highest BCUT2D eigenvalue weighted by Crippen LogP contribution is 2.48. The van der Waals surface area contributed by atoms with Crippen molar-refractivity contribution in [3.05, 3.63) is 29.8 Å². The maximum atomic E-state index is 12.1. The normalized spacial score (nSPS) is 18.4. The standard InChI is InChI=1S/C13H18O3S/c1-10(2)17(15,16)12-5-3-4-11(8-12)13(9-14)6-7-13/h3-5,8,10,14H,6-7,9H2,1-2H3. The van der Waals surface area contributed by atoms with Crippen molar-refractivity contribution in [3.8, 4) is 0 Å². The molecule has 0 radical (unpaired) electrons. The molecule has 0 unspecified atom stereocenters. The fraction of sp³-hybridized carbons (Fsp3) is 0.538. The number of rotatable bonds is 4. The zero-order valence-electron chi connectivity index (χ0n) is 10.2. The number of hydrogen-bond acceptors (Lipinski definition) is 3. The minimum absolute atomic E-state index is 0.0954. The molecular formula is C13H18O3S. The van der Waals surface area contributed by atoms with Crippen molar-refractivity contribution in [3.63, 3.8) is 0 Å². The van der Waals surface area contributed by atoms with E-state index in [4.69, 9.17) is 0 Å². The van der Waals surface area contributed by atoms with Crippen molar-refractivity contribution in [2.75, 3.05) is 6.61 Å². The van der Waals surface area contributed by atoms with Crippen LogP contribution in [-0.2, 0) is 15.3 Å². The fourth-order valence-electron chi connectivity index (χ4n) is 1.96. The molecule has 4 heteroatoms. The molecule has 0 bridgehead atoms. The van der Waals surface area contributed by atoms with Crippen LogP contribution in [0.15, 0.2) is 29.2 Å². The first-order valence-corrected chi connectivity index (χ1v) is 7.42. The molecule has 0 spiro atoms. The molecule has 1 aliphatic rings. The molecular weight excluding hydrogens is 236 g/mol. The quantitative estimate of drug-likeness (QED) is 0.892. The van der Waals surface area contributed by atoms with Crippen LogP contribution in [0.5, 0.6) is 0 Å². The van der Waals surface area contributed by atoms with E-state index in [9.17, 15) is 13.5 Å². The van der Waals surface area contributed by atoms with Gasteiger partial charge in [-0.2, -0.15) is 0 Å². The van der Waals surface area contributed by atoms with E-state index in [-0.39, 0.29) is 12.0 Å². The Balaban J connectivity index is 2.43. The van der Waals surface area contributed by atoms with Crippen molar-refractivity contribution in [2.45, 2.75) is 42.2 Å². The monoisotopic (exact) mass is 254 g/mol. The molecule has 0 heterocycles. The molecule has 1 fully saturated rings. The molecule has 0 aliphatic heterocycles. The smallest absolute Gasteiger partial charge is 0.180 e. The second-order valence-corrected chi connectivity index (χ2v) is 7.56. The Morgan fingerprint density at radius 1 is 1.35 bits per heavy atom. The zero-order chi connectivity index (χ0) is 12.7. The fourth-order valence-corrected chi connectivity index (χ4v) is 3.07. The first kappa shape index (κ1) is 12.6. The summed E-state index contributed by atoms with van der Waals surface area (Å²) in [7, 11) is -3.22. The summed E-state index contributed by atoms with van der Waals surface area (Å²) >= 11 is 0. The Labute approximate surface area is 102 Å². The summed E-state index contributed by atoms with van der Waals surface area (Å²) in [5, 5.41) is 8.95. The van der Waals surface area contributed by atoms with E-state index in [1.165, 1.54) is 0 Å². The van der Waals surface area contributed by atoms with Crippen LogP contribution in [0.2, 0.25) is 0 Å². The van der Waals surface area contributed by atoms with E-state index in [1.54, 1.807) is 32.0 Å². The maximum Gasteiger partial charge on any atom is 0.180 e. The van der Waals surface area contributed by atoms with Crippen molar-refractivity contribution >= 4 is 9.84 Å². The lowest BCUT2D eigenvalue weighted by Crippen LogP contribution is -2.16. The van der Waals surface area contributed by atoms with Gasteiger partial charge in [0.2, 0.25) is 0 Å². The maximum absolute atomic E-state index is 12.1. The minimum atomic E-state index is -3.22. The van der Waals surface area contributed by atoms with Crippen LogP contribution in [0.3, 0.4) is 0 Å². The highest BCUT2D eigenvalue weighted by atomic mass is 32.2. The Bertz CT molecular complexity index is 513. The van der Waals surface area contributed by atoms with Gasteiger partial charge in [0, 0.05) is 5.41 Å². The van der Waals surface area contributed by atoms with Crippen LogP contribution in [0.25, 0.3) is 0 Å². The molecule has 94 valence electrons. The van der Waals surface area contributed by atoms with Crippen molar-refractivity contribution in [2.24, 2.45) is 0 Å². The van der Waals surface area contributed by atoms with E-state index in [1.807, 2.05) is 6.07 Å². The predicted octanol–water partition coefficient (Wildman–Crippen LogP) is 1.89.